The molecule has 102 valence electrons. The molecule has 0 bridgehead atoms. The van der Waals surface area contributed by atoms with E-state index in [1.54, 1.807) is 12.1 Å². The number of carbonyl (C=O) groups is 1. The summed E-state index contributed by atoms with van der Waals surface area (Å²) in [5.41, 5.74) is 0.219. The van der Waals surface area contributed by atoms with E-state index in [-0.39, 0.29) is 5.56 Å². The zero-order valence-electron chi connectivity index (χ0n) is 10.5. The van der Waals surface area contributed by atoms with Gasteiger partial charge in [-0.15, -0.1) is 0 Å². The number of pyridine rings is 1. The van der Waals surface area contributed by atoms with Gasteiger partial charge in [0.25, 0.3) is 5.91 Å². The highest BCUT2D eigenvalue weighted by atomic mass is 19.1. The number of halogens is 1. The molecule has 7 heteroatoms. The third-order valence-corrected chi connectivity index (χ3v) is 2.56. The lowest BCUT2D eigenvalue weighted by Gasteiger charge is -2.05. The molecule has 0 saturated carbocycles. The molecule has 0 unspecified atom stereocenters. The summed E-state index contributed by atoms with van der Waals surface area (Å²) in [5, 5.41) is 13.0. The van der Waals surface area contributed by atoms with Crippen molar-refractivity contribution in [1.82, 2.24) is 4.98 Å². The van der Waals surface area contributed by atoms with E-state index in [2.05, 4.69) is 10.3 Å². The Labute approximate surface area is 113 Å². The minimum Gasteiger partial charge on any atom is -0.307 e. The Bertz CT molecular complexity index is 688. The molecule has 0 atom stereocenters. The van der Waals surface area contributed by atoms with Crippen LogP contribution in [0.3, 0.4) is 0 Å². The van der Waals surface area contributed by atoms with Gasteiger partial charge in [-0.2, -0.15) is 4.39 Å². The van der Waals surface area contributed by atoms with Crippen LogP contribution in [-0.2, 0) is 0 Å². The highest BCUT2D eigenvalue weighted by Crippen LogP contribution is 2.18. The third kappa shape index (κ3) is 2.94. The molecular weight excluding hydrogens is 265 g/mol. The number of nitro benzene ring substituents is 1. The van der Waals surface area contributed by atoms with Crippen molar-refractivity contribution in [2.24, 2.45) is 0 Å². The maximum absolute atomic E-state index is 13.4. The Kier molecular flexibility index (Phi) is 3.69. The number of aromatic nitrogens is 1. The number of nitrogens with one attached hydrogen (secondary N) is 1. The summed E-state index contributed by atoms with van der Waals surface area (Å²) >= 11 is 0. The summed E-state index contributed by atoms with van der Waals surface area (Å²) in [6.45, 7) is 1.84. The Morgan fingerprint density at radius 2 is 2.10 bits per heavy atom. The standard InChI is InChI=1S/C13H10FN3O3/c1-8-4-5-15-12(6-8)16-13(18)9-2-3-11(17(19)20)10(14)7-9/h2-7H,1H3,(H,15,16,18). The minimum atomic E-state index is -1.06. The van der Waals surface area contributed by atoms with Crippen molar-refractivity contribution in [2.45, 2.75) is 6.92 Å². The lowest BCUT2D eigenvalue weighted by atomic mass is 10.2. The first-order chi connectivity index (χ1) is 9.47. The molecule has 0 aliphatic rings. The first kappa shape index (κ1) is 13.6. The molecule has 0 aliphatic carbocycles. The normalized spacial score (nSPS) is 10.1. The van der Waals surface area contributed by atoms with Crippen LogP contribution < -0.4 is 5.32 Å². The molecule has 0 spiro atoms. The molecule has 6 nitrogen and oxygen atoms in total. The number of anilines is 1. The molecule has 0 fully saturated rings. The van der Waals surface area contributed by atoms with Gasteiger partial charge >= 0.3 is 5.69 Å². The molecule has 1 N–H and O–H groups in total. The van der Waals surface area contributed by atoms with Crippen LogP contribution in [0.2, 0.25) is 0 Å². The van der Waals surface area contributed by atoms with Gasteiger partial charge in [0.1, 0.15) is 5.82 Å². The molecule has 1 aromatic carbocycles. The number of amides is 1. The van der Waals surface area contributed by atoms with E-state index < -0.39 is 22.3 Å². The van der Waals surface area contributed by atoms with Crippen LogP contribution in [0.15, 0.2) is 36.5 Å². The van der Waals surface area contributed by atoms with Gasteiger partial charge in [0.15, 0.2) is 0 Å². The molecule has 0 saturated heterocycles. The topological polar surface area (TPSA) is 85.1 Å². The number of benzene rings is 1. The lowest BCUT2D eigenvalue weighted by Crippen LogP contribution is -2.13. The van der Waals surface area contributed by atoms with Crippen molar-refractivity contribution in [1.29, 1.82) is 0 Å². The minimum absolute atomic E-state index is 0.0172. The largest absolute Gasteiger partial charge is 0.307 e. The first-order valence-corrected chi connectivity index (χ1v) is 5.65. The molecule has 20 heavy (non-hydrogen) atoms. The Morgan fingerprint density at radius 1 is 1.35 bits per heavy atom. The first-order valence-electron chi connectivity index (χ1n) is 5.65. The van der Waals surface area contributed by atoms with E-state index in [1.165, 1.54) is 12.3 Å². The molecular formula is C13H10FN3O3. The summed E-state index contributed by atoms with van der Waals surface area (Å²) in [6.07, 6.45) is 1.53. The average molecular weight is 275 g/mol. The summed E-state index contributed by atoms with van der Waals surface area (Å²) in [4.78, 5) is 25.4. The number of nitrogens with zero attached hydrogens (tertiary/aromatic N) is 2. The Hall–Kier alpha value is -2.83. The number of rotatable bonds is 3. The van der Waals surface area contributed by atoms with Crippen LogP contribution >= 0.6 is 0 Å². The van der Waals surface area contributed by atoms with Crippen molar-refractivity contribution < 1.29 is 14.1 Å². The van der Waals surface area contributed by atoms with Crippen LogP contribution in [0.1, 0.15) is 15.9 Å². The van der Waals surface area contributed by atoms with E-state index in [1.807, 2.05) is 6.92 Å². The number of hydrogen-bond acceptors (Lipinski definition) is 4. The second kappa shape index (κ2) is 5.43. The summed E-state index contributed by atoms with van der Waals surface area (Å²) in [6, 6.07) is 6.38. The van der Waals surface area contributed by atoms with Crippen LogP contribution in [0.25, 0.3) is 0 Å². The van der Waals surface area contributed by atoms with Gasteiger partial charge in [-0.05, 0) is 36.8 Å². The van der Waals surface area contributed by atoms with Gasteiger partial charge in [0.2, 0.25) is 5.82 Å². The lowest BCUT2D eigenvalue weighted by molar-refractivity contribution is -0.387. The predicted molar refractivity (Wildman–Crippen MR) is 70.0 cm³/mol. The van der Waals surface area contributed by atoms with Crippen LogP contribution in [-0.4, -0.2) is 15.8 Å². The highest BCUT2D eigenvalue weighted by molar-refractivity contribution is 6.03. The molecule has 1 heterocycles. The van der Waals surface area contributed by atoms with E-state index in [9.17, 15) is 19.3 Å². The van der Waals surface area contributed by atoms with E-state index in [0.717, 1.165) is 17.7 Å². The van der Waals surface area contributed by atoms with Crippen LogP contribution in [0, 0.1) is 22.9 Å². The number of carbonyl (C=O) groups excluding carboxylic acids is 1. The van der Waals surface area contributed by atoms with Crippen LogP contribution in [0.4, 0.5) is 15.9 Å². The fraction of sp³-hybridized carbons (Fsp3) is 0.0769. The molecule has 2 aromatic rings. The van der Waals surface area contributed by atoms with Crippen molar-refractivity contribution in [3.8, 4) is 0 Å². The van der Waals surface area contributed by atoms with Gasteiger partial charge in [-0.3, -0.25) is 14.9 Å². The van der Waals surface area contributed by atoms with E-state index in [0.29, 0.717) is 5.82 Å². The zero-order valence-corrected chi connectivity index (χ0v) is 10.5. The fourth-order valence-electron chi connectivity index (χ4n) is 1.59. The second-order valence-corrected chi connectivity index (χ2v) is 4.10. The number of hydrogen-bond donors (Lipinski definition) is 1. The van der Waals surface area contributed by atoms with E-state index >= 15 is 0 Å². The molecule has 1 amide bonds. The summed E-state index contributed by atoms with van der Waals surface area (Å²) in [5.74, 6) is -1.31. The van der Waals surface area contributed by atoms with Gasteiger partial charge in [-0.25, -0.2) is 4.98 Å². The van der Waals surface area contributed by atoms with Gasteiger partial charge in [-0.1, -0.05) is 0 Å². The highest BCUT2D eigenvalue weighted by Gasteiger charge is 2.16. The fourth-order valence-corrected chi connectivity index (χ4v) is 1.59. The van der Waals surface area contributed by atoms with Crippen molar-refractivity contribution in [3.05, 3.63) is 63.6 Å². The Morgan fingerprint density at radius 3 is 2.70 bits per heavy atom. The Balaban J connectivity index is 2.22. The number of nitro groups is 1. The summed E-state index contributed by atoms with van der Waals surface area (Å²) < 4.78 is 13.4. The second-order valence-electron chi connectivity index (χ2n) is 4.10. The van der Waals surface area contributed by atoms with Crippen molar-refractivity contribution in [3.63, 3.8) is 0 Å². The average Bonchev–Trinajstić information content (AvgIpc) is 2.38. The summed E-state index contributed by atoms with van der Waals surface area (Å²) in [7, 11) is 0. The maximum Gasteiger partial charge on any atom is 0.304 e. The molecule has 1 aromatic heterocycles. The van der Waals surface area contributed by atoms with Crippen LogP contribution in [0.5, 0.6) is 0 Å². The monoisotopic (exact) mass is 275 g/mol. The maximum atomic E-state index is 13.4. The van der Waals surface area contributed by atoms with Crippen molar-refractivity contribution >= 4 is 17.4 Å². The molecule has 0 radical (unpaired) electrons. The van der Waals surface area contributed by atoms with E-state index in [4.69, 9.17) is 0 Å². The predicted octanol–water partition coefficient (Wildman–Crippen LogP) is 2.69. The zero-order chi connectivity index (χ0) is 14.7. The smallest absolute Gasteiger partial charge is 0.304 e. The number of aryl methyl sites for hydroxylation is 1. The molecule has 0 aliphatic heterocycles. The quantitative estimate of drug-likeness (QED) is 0.689. The molecule has 2 rings (SSSR count). The van der Waals surface area contributed by atoms with Gasteiger partial charge in [0.05, 0.1) is 4.92 Å². The van der Waals surface area contributed by atoms with Gasteiger partial charge < -0.3 is 5.32 Å². The third-order valence-electron chi connectivity index (χ3n) is 2.56. The van der Waals surface area contributed by atoms with Crippen molar-refractivity contribution in [2.75, 3.05) is 5.32 Å². The SMILES string of the molecule is Cc1ccnc(NC(=O)c2ccc([N+](=O)[O-])c(F)c2)c1. The van der Waals surface area contributed by atoms with Gasteiger partial charge in [0, 0.05) is 17.8 Å².